The number of nitrogens with one attached hydrogen (secondary N) is 1. The summed E-state index contributed by atoms with van der Waals surface area (Å²) >= 11 is 0. The normalized spacial score (nSPS) is 15.5. The number of carbonyl (C=O) groups is 1. The average Bonchev–Trinajstić information content (AvgIpc) is 2.98. The minimum atomic E-state index is -3.35. The molecule has 0 bridgehead atoms. The number of nitrogens with zero attached hydrogens (tertiary/aromatic N) is 3. The van der Waals surface area contributed by atoms with Crippen LogP contribution in [0, 0.1) is 0 Å². The number of carbonyl (C=O) groups excluding carboxylic acids is 1. The molecular formula is C17H20N4O4S. The Morgan fingerprint density at radius 3 is 2.69 bits per heavy atom. The van der Waals surface area contributed by atoms with Gasteiger partial charge in [-0.05, 0) is 30.8 Å². The molecule has 3 rings (SSSR count). The molecule has 0 radical (unpaired) electrons. The molecule has 3 heterocycles. The molecule has 8 nitrogen and oxygen atoms in total. The van der Waals surface area contributed by atoms with Crippen molar-refractivity contribution >= 4 is 15.7 Å². The summed E-state index contributed by atoms with van der Waals surface area (Å²) in [6, 6.07) is 3.94. The van der Waals surface area contributed by atoms with E-state index in [1.807, 2.05) is 7.05 Å². The second-order valence-corrected chi connectivity index (χ2v) is 8.42. The fraction of sp³-hybridized carbons (Fsp3) is 0.353. The molecule has 1 amide bonds. The fourth-order valence-corrected chi connectivity index (χ4v) is 3.38. The molecule has 0 aliphatic carbocycles. The van der Waals surface area contributed by atoms with Crippen LogP contribution in [0.4, 0.5) is 0 Å². The Morgan fingerprint density at radius 1 is 1.31 bits per heavy atom. The topological polar surface area (TPSA) is 112 Å². The van der Waals surface area contributed by atoms with Gasteiger partial charge in [-0.3, -0.25) is 19.7 Å². The Kier molecular flexibility index (Phi) is 5.03. The van der Waals surface area contributed by atoms with Crippen LogP contribution in [0.1, 0.15) is 33.4 Å². The number of hydrogen-bond donors (Lipinski definition) is 2. The van der Waals surface area contributed by atoms with E-state index in [1.54, 1.807) is 6.07 Å². The van der Waals surface area contributed by atoms with Crippen molar-refractivity contribution in [3.63, 3.8) is 0 Å². The van der Waals surface area contributed by atoms with Crippen molar-refractivity contribution in [1.29, 1.82) is 0 Å². The van der Waals surface area contributed by atoms with Crippen molar-refractivity contribution < 1.29 is 18.3 Å². The van der Waals surface area contributed by atoms with Crippen molar-refractivity contribution in [2.45, 2.75) is 24.0 Å². The molecule has 0 aromatic carbocycles. The van der Waals surface area contributed by atoms with Crippen molar-refractivity contribution in [2.75, 3.05) is 19.9 Å². The molecule has 2 aromatic heterocycles. The lowest BCUT2D eigenvalue weighted by molar-refractivity contribution is 0.0914. The zero-order chi connectivity index (χ0) is 18.9. The van der Waals surface area contributed by atoms with E-state index < -0.39 is 15.9 Å². The molecule has 0 fully saturated rings. The predicted molar refractivity (Wildman–Crippen MR) is 94.0 cm³/mol. The molecule has 0 saturated carbocycles. The molecule has 0 spiro atoms. The first kappa shape index (κ1) is 18.4. The number of fused-ring (bicyclic) bond motifs is 1. The van der Waals surface area contributed by atoms with E-state index in [1.165, 1.54) is 24.5 Å². The Morgan fingerprint density at radius 2 is 2.08 bits per heavy atom. The van der Waals surface area contributed by atoms with Crippen molar-refractivity contribution in [3.05, 3.63) is 53.1 Å². The minimum absolute atomic E-state index is 0.0798. The van der Waals surface area contributed by atoms with Crippen molar-refractivity contribution in [1.82, 2.24) is 20.2 Å². The Labute approximate surface area is 151 Å². The van der Waals surface area contributed by atoms with Gasteiger partial charge in [0, 0.05) is 31.7 Å². The summed E-state index contributed by atoms with van der Waals surface area (Å²) < 4.78 is 23.0. The summed E-state index contributed by atoms with van der Waals surface area (Å²) in [5, 5.41) is 12.3. The maximum atomic E-state index is 12.5. The third-order valence-electron chi connectivity index (χ3n) is 4.21. The zero-order valence-electron chi connectivity index (χ0n) is 14.5. The second kappa shape index (κ2) is 7.10. The number of aromatic nitrogens is 2. The van der Waals surface area contributed by atoms with Gasteiger partial charge in [-0.2, -0.15) is 0 Å². The van der Waals surface area contributed by atoms with Gasteiger partial charge in [-0.25, -0.2) is 8.42 Å². The first-order chi connectivity index (χ1) is 12.3. The van der Waals surface area contributed by atoms with Crippen LogP contribution >= 0.6 is 0 Å². The summed E-state index contributed by atoms with van der Waals surface area (Å²) in [4.78, 5) is 23.1. The highest BCUT2D eigenvalue weighted by Gasteiger charge is 2.21. The van der Waals surface area contributed by atoms with Gasteiger partial charge in [-0.15, -0.1) is 0 Å². The van der Waals surface area contributed by atoms with Gasteiger partial charge in [0.25, 0.3) is 5.91 Å². The number of amides is 1. The van der Waals surface area contributed by atoms with Gasteiger partial charge >= 0.3 is 0 Å². The van der Waals surface area contributed by atoms with Gasteiger partial charge in [0.2, 0.25) is 0 Å². The summed E-state index contributed by atoms with van der Waals surface area (Å²) in [6.07, 6.45) is 3.82. The number of aliphatic hydroxyl groups excluding tert-OH is 1. The van der Waals surface area contributed by atoms with Crippen LogP contribution in [-0.4, -0.2) is 54.2 Å². The Balaban J connectivity index is 1.76. The van der Waals surface area contributed by atoms with E-state index in [-0.39, 0.29) is 17.4 Å². The van der Waals surface area contributed by atoms with Crippen LogP contribution in [0.3, 0.4) is 0 Å². The molecule has 26 heavy (non-hydrogen) atoms. The molecule has 1 atom stereocenters. The third-order valence-corrected chi connectivity index (χ3v) is 5.31. The van der Waals surface area contributed by atoms with Crippen molar-refractivity contribution in [2.24, 2.45) is 0 Å². The average molecular weight is 376 g/mol. The number of hydrogen-bond acceptors (Lipinski definition) is 7. The summed E-state index contributed by atoms with van der Waals surface area (Å²) in [7, 11) is -1.37. The molecule has 138 valence electrons. The number of aliphatic hydroxyl groups is 1. The third kappa shape index (κ3) is 3.90. The highest BCUT2D eigenvalue weighted by Crippen LogP contribution is 2.20. The van der Waals surface area contributed by atoms with E-state index in [9.17, 15) is 18.3 Å². The van der Waals surface area contributed by atoms with Gasteiger partial charge < -0.3 is 10.4 Å². The number of sulfone groups is 1. The molecular weight excluding hydrogens is 356 g/mol. The van der Waals surface area contributed by atoms with Crippen LogP contribution in [-0.2, 0) is 22.9 Å². The molecule has 1 aliphatic heterocycles. The Hall–Kier alpha value is -2.36. The second-order valence-electron chi connectivity index (χ2n) is 6.40. The van der Waals surface area contributed by atoms with Crippen LogP contribution < -0.4 is 5.32 Å². The van der Waals surface area contributed by atoms with Gasteiger partial charge in [0.1, 0.15) is 0 Å². The maximum absolute atomic E-state index is 12.5. The largest absolute Gasteiger partial charge is 0.394 e. The van der Waals surface area contributed by atoms with Crippen LogP contribution in [0.15, 0.2) is 35.5 Å². The molecule has 0 saturated heterocycles. The van der Waals surface area contributed by atoms with E-state index in [0.29, 0.717) is 11.3 Å². The van der Waals surface area contributed by atoms with E-state index in [2.05, 4.69) is 20.2 Å². The quantitative estimate of drug-likeness (QED) is 0.771. The SMILES string of the molecule is CN1Cc2cc(C(=O)N[C@@H](CO)c3ccc(S(C)(=O)=O)cn3)cnc2C1. The van der Waals surface area contributed by atoms with Crippen LogP contribution in [0.25, 0.3) is 0 Å². The van der Waals surface area contributed by atoms with Crippen LogP contribution in [0.5, 0.6) is 0 Å². The van der Waals surface area contributed by atoms with Gasteiger partial charge in [0.15, 0.2) is 9.84 Å². The zero-order valence-corrected chi connectivity index (χ0v) is 15.3. The maximum Gasteiger partial charge on any atom is 0.253 e. The fourth-order valence-electron chi connectivity index (χ4n) is 2.82. The molecule has 2 N–H and O–H groups in total. The number of pyridine rings is 2. The van der Waals surface area contributed by atoms with E-state index in [0.717, 1.165) is 30.6 Å². The summed E-state index contributed by atoms with van der Waals surface area (Å²) in [5.41, 5.74) is 2.75. The van der Waals surface area contributed by atoms with E-state index >= 15 is 0 Å². The standard InChI is InChI=1S/C17H20N4O4S/c1-21-8-12-5-11(6-18-15(12)9-21)17(23)20-16(10-22)14-4-3-13(7-19-14)26(2,24)25/h3-7,16,22H,8-10H2,1-2H3,(H,20,23)/t16-/m0/s1. The smallest absolute Gasteiger partial charge is 0.253 e. The lowest BCUT2D eigenvalue weighted by Gasteiger charge is -2.16. The highest BCUT2D eigenvalue weighted by molar-refractivity contribution is 7.90. The molecule has 1 aliphatic rings. The predicted octanol–water partition coefficient (Wildman–Crippen LogP) is 0.289. The highest BCUT2D eigenvalue weighted by atomic mass is 32.2. The summed E-state index contributed by atoms with van der Waals surface area (Å²) in [6.45, 7) is 1.13. The van der Waals surface area contributed by atoms with Gasteiger partial charge in [-0.1, -0.05) is 0 Å². The first-order valence-electron chi connectivity index (χ1n) is 8.02. The lowest BCUT2D eigenvalue weighted by atomic mass is 10.1. The van der Waals surface area contributed by atoms with Gasteiger partial charge in [0.05, 0.1) is 34.5 Å². The van der Waals surface area contributed by atoms with Crippen molar-refractivity contribution in [3.8, 4) is 0 Å². The lowest BCUT2D eigenvalue weighted by Crippen LogP contribution is -2.31. The molecule has 9 heteroatoms. The summed E-state index contributed by atoms with van der Waals surface area (Å²) in [5.74, 6) is -0.372. The molecule has 2 aromatic rings. The Bertz CT molecular complexity index is 928. The molecule has 0 unspecified atom stereocenters. The number of rotatable bonds is 5. The first-order valence-corrected chi connectivity index (χ1v) is 9.91. The monoisotopic (exact) mass is 376 g/mol. The van der Waals surface area contributed by atoms with Crippen LogP contribution in [0.2, 0.25) is 0 Å². The minimum Gasteiger partial charge on any atom is -0.394 e. The van der Waals surface area contributed by atoms with E-state index in [4.69, 9.17) is 0 Å².